The summed E-state index contributed by atoms with van der Waals surface area (Å²) >= 11 is 0. The summed E-state index contributed by atoms with van der Waals surface area (Å²) < 4.78 is 10.2. The van der Waals surface area contributed by atoms with E-state index in [2.05, 4.69) is 10.1 Å². The second-order valence-corrected chi connectivity index (χ2v) is 5.96. The highest BCUT2D eigenvalue weighted by Gasteiger charge is 2.28. The van der Waals surface area contributed by atoms with Crippen molar-refractivity contribution in [1.82, 2.24) is 15.0 Å². The molecule has 7 nitrogen and oxygen atoms in total. The zero-order chi connectivity index (χ0) is 17.6. The SMILES string of the molecule is CCOC(=O)CC(=O)N1CCC(c2nc(-c3ccccc3)no2)CC1. The fourth-order valence-electron chi connectivity index (χ4n) is 2.93. The van der Waals surface area contributed by atoms with Gasteiger partial charge in [-0.25, -0.2) is 0 Å². The van der Waals surface area contributed by atoms with Crippen molar-refractivity contribution in [3.8, 4) is 11.4 Å². The van der Waals surface area contributed by atoms with E-state index in [1.807, 2.05) is 30.3 Å². The van der Waals surface area contributed by atoms with Gasteiger partial charge in [-0.15, -0.1) is 0 Å². The number of rotatable bonds is 5. The van der Waals surface area contributed by atoms with Crippen molar-refractivity contribution in [2.24, 2.45) is 0 Å². The van der Waals surface area contributed by atoms with E-state index in [1.54, 1.807) is 11.8 Å². The molecule has 0 aliphatic carbocycles. The molecule has 0 saturated carbocycles. The third kappa shape index (κ3) is 4.23. The molecule has 1 aromatic heterocycles. The van der Waals surface area contributed by atoms with E-state index in [4.69, 9.17) is 9.26 Å². The Morgan fingerprint density at radius 3 is 2.64 bits per heavy atom. The van der Waals surface area contributed by atoms with E-state index >= 15 is 0 Å². The first-order chi connectivity index (χ1) is 12.2. The van der Waals surface area contributed by atoms with Gasteiger partial charge in [-0.1, -0.05) is 35.5 Å². The van der Waals surface area contributed by atoms with E-state index in [-0.39, 0.29) is 24.9 Å². The fraction of sp³-hybridized carbons (Fsp3) is 0.444. The third-order valence-corrected chi connectivity index (χ3v) is 4.27. The minimum Gasteiger partial charge on any atom is -0.466 e. The Kier molecular flexibility index (Phi) is 5.42. The van der Waals surface area contributed by atoms with Crippen LogP contribution in [0.3, 0.4) is 0 Å². The summed E-state index contributed by atoms with van der Waals surface area (Å²) in [5, 5.41) is 4.05. The number of hydrogen-bond donors (Lipinski definition) is 0. The first-order valence-electron chi connectivity index (χ1n) is 8.49. The number of nitrogens with zero attached hydrogens (tertiary/aromatic N) is 3. The molecule has 0 unspecified atom stereocenters. The molecule has 1 aliphatic rings. The van der Waals surface area contributed by atoms with E-state index in [1.165, 1.54) is 0 Å². The van der Waals surface area contributed by atoms with Crippen molar-refractivity contribution in [2.45, 2.75) is 32.1 Å². The Balaban J connectivity index is 1.55. The van der Waals surface area contributed by atoms with E-state index in [0.29, 0.717) is 24.8 Å². The highest BCUT2D eigenvalue weighted by Crippen LogP contribution is 2.28. The maximum atomic E-state index is 12.1. The van der Waals surface area contributed by atoms with E-state index in [9.17, 15) is 9.59 Å². The molecule has 1 aromatic carbocycles. The van der Waals surface area contributed by atoms with E-state index in [0.717, 1.165) is 18.4 Å². The molecule has 0 bridgehead atoms. The minimum absolute atomic E-state index is 0.136. The molecule has 132 valence electrons. The molecule has 3 rings (SSSR count). The molecule has 25 heavy (non-hydrogen) atoms. The number of carbonyl (C=O) groups excluding carboxylic acids is 2. The Morgan fingerprint density at radius 2 is 1.96 bits per heavy atom. The van der Waals surface area contributed by atoms with Crippen molar-refractivity contribution in [2.75, 3.05) is 19.7 Å². The average Bonchev–Trinajstić information content (AvgIpc) is 3.13. The van der Waals surface area contributed by atoms with Crippen LogP contribution >= 0.6 is 0 Å². The summed E-state index contributed by atoms with van der Waals surface area (Å²) in [7, 11) is 0. The lowest BCUT2D eigenvalue weighted by molar-refractivity contribution is -0.149. The van der Waals surface area contributed by atoms with E-state index < -0.39 is 5.97 Å². The molecular weight excluding hydrogens is 322 g/mol. The van der Waals surface area contributed by atoms with Crippen LogP contribution < -0.4 is 0 Å². The standard InChI is InChI=1S/C18H21N3O4/c1-2-24-16(23)12-15(22)21-10-8-14(9-11-21)18-19-17(20-25-18)13-6-4-3-5-7-13/h3-7,14H,2,8-12H2,1H3. The summed E-state index contributed by atoms with van der Waals surface area (Å²) in [6.07, 6.45) is 1.28. The maximum absolute atomic E-state index is 12.1. The largest absolute Gasteiger partial charge is 0.466 e. The van der Waals surface area contributed by atoms with Crippen molar-refractivity contribution < 1.29 is 18.8 Å². The Morgan fingerprint density at radius 1 is 1.24 bits per heavy atom. The van der Waals surface area contributed by atoms with Gasteiger partial charge in [0.15, 0.2) is 0 Å². The molecule has 2 aromatic rings. The van der Waals surface area contributed by atoms with Crippen LogP contribution in [0.2, 0.25) is 0 Å². The molecule has 0 radical (unpaired) electrons. The predicted octanol–water partition coefficient (Wildman–Crippen LogP) is 2.40. The monoisotopic (exact) mass is 343 g/mol. The van der Waals surface area contributed by atoms with Crippen molar-refractivity contribution >= 4 is 11.9 Å². The molecule has 1 fully saturated rings. The lowest BCUT2D eigenvalue weighted by atomic mass is 9.96. The van der Waals surface area contributed by atoms with Gasteiger partial charge in [0.25, 0.3) is 0 Å². The molecule has 0 atom stereocenters. The van der Waals surface area contributed by atoms with Gasteiger partial charge < -0.3 is 14.2 Å². The van der Waals surface area contributed by atoms with Crippen molar-refractivity contribution in [3.63, 3.8) is 0 Å². The molecule has 2 heterocycles. The van der Waals surface area contributed by atoms with Crippen molar-refractivity contribution in [1.29, 1.82) is 0 Å². The number of esters is 1. The number of ether oxygens (including phenoxy) is 1. The van der Waals surface area contributed by atoms with Gasteiger partial charge in [0.2, 0.25) is 17.6 Å². The number of benzene rings is 1. The lowest BCUT2D eigenvalue weighted by Crippen LogP contribution is -2.39. The van der Waals surface area contributed by atoms with Gasteiger partial charge in [0, 0.05) is 24.6 Å². The smallest absolute Gasteiger partial charge is 0.315 e. The second-order valence-electron chi connectivity index (χ2n) is 5.96. The summed E-state index contributed by atoms with van der Waals surface area (Å²) in [4.78, 5) is 29.7. The maximum Gasteiger partial charge on any atom is 0.315 e. The first kappa shape index (κ1) is 17.1. The van der Waals surface area contributed by atoms with Gasteiger partial charge in [0.05, 0.1) is 6.61 Å². The number of aromatic nitrogens is 2. The summed E-state index contributed by atoms with van der Waals surface area (Å²) in [5.41, 5.74) is 0.916. The Bertz CT molecular complexity index is 721. The van der Waals surface area contributed by atoms with Crippen LogP contribution in [0.5, 0.6) is 0 Å². The van der Waals surface area contributed by atoms with Crippen molar-refractivity contribution in [3.05, 3.63) is 36.2 Å². The number of carbonyl (C=O) groups is 2. The van der Waals surface area contributed by atoms with Gasteiger partial charge >= 0.3 is 5.97 Å². The predicted molar refractivity (Wildman–Crippen MR) is 89.5 cm³/mol. The molecular formula is C18H21N3O4. The van der Waals surface area contributed by atoms with Crippen LogP contribution in [0.15, 0.2) is 34.9 Å². The molecule has 1 amide bonds. The Labute approximate surface area is 146 Å². The highest BCUT2D eigenvalue weighted by molar-refractivity contribution is 5.94. The van der Waals surface area contributed by atoms with Crippen LogP contribution in [0.1, 0.15) is 38.0 Å². The number of piperidine rings is 1. The quantitative estimate of drug-likeness (QED) is 0.612. The summed E-state index contributed by atoms with van der Waals surface area (Å²) in [6.45, 7) is 3.16. The lowest BCUT2D eigenvalue weighted by Gasteiger charge is -2.30. The minimum atomic E-state index is -0.473. The molecule has 1 aliphatic heterocycles. The highest BCUT2D eigenvalue weighted by atomic mass is 16.5. The number of hydrogen-bond acceptors (Lipinski definition) is 6. The molecule has 7 heteroatoms. The van der Waals surface area contributed by atoms with Gasteiger partial charge in [-0.3, -0.25) is 9.59 Å². The van der Waals surface area contributed by atoms with Crippen LogP contribution in [0.25, 0.3) is 11.4 Å². The zero-order valence-electron chi connectivity index (χ0n) is 14.2. The zero-order valence-corrected chi connectivity index (χ0v) is 14.2. The van der Waals surface area contributed by atoms with Gasteiger partial charge in [0.1, 0.15) is 6.42 Å². The first-order valence-corrected chi connectivity index (χ1v) is 8.49. The molecule has 0 N–H and O–H groups in total. The summed E-state index contributed by atoms with van der Waals surface area (Å²) in [5.74, 6) is 0.663. The molecule has 1 saturated heterocycles. The van der Waals surface area contributed by atoms with Crippen LogP contribution in [0, 0.1) is 0 Å². The third-order valence-electron chi connectivity index (χ3n) is 4.27. The van der Waals surface area contributed by atoms with Gasteiger partial charge in [-0.05, 0) is 19.8 Å². The molecule has 0 spiro atoms. The van der Waals surface area contributed by atoms with Crippen LogP contribution in [-0.2, 0) is 14.3 Å². The van der Waals surface area contributed by atoms with Gasteiger partial charge in [-0.2, -0.15) is 4.98 Å². The Hall–Kier alpha value is -2.70. The second kappa shape index (κ2) is 7.92. The fourth-order valence-corrected chi connectivity index (χ4v) is 2.93. The van der Waals surface area contributed by atoms with Crippen LogP contribution in [-0.4, -0.2) is 46.6 Å². The number of likely N-dealkylation sites (tertiary alicyclic amines) is 1. The summed E-state index contributed by atoms with van der Waals surface area (Å²) in [6, 6.07) is 9.67. The number of amides is 1. The normalized spacial score (nSPS) is 15.2. The topological polar surface area (TPSA) is 85.5 Å². The average molecular weight is 343 g/mol. The van der Waals surface area contributed by atoms with Crippen LogP contribution in [0.4, 0.5) is 0 Å².